The highest BCUT2D eigenvalue weighted by molar-refractivity contribution is 4.97. The summed E-state index contributed by atoms with van der Waals surface area (Å²) >= 11 is 0. The van der Waals surface area contributed by atoms with Gasteiger partial charge in [-0.05, 0) is 46.5 Å². The Morgan fingerprint density at radius 1 is 0.917 bits per heavy atom. The quantitative estimate of drug-likeness (QED) is 0.545. The van der Waals surface area contributed by atoms with Crippen LogP contribution in [0.1, 0.15) is 47.5 Å². The Kier molecular flexibility index (Phi) is 5.79. The molecule has 0 saturated heterocycles. The molecule has 0 aliphatic carbocycles. The molecule has 0 aromatic heterocycles. The Morgan fingerprint density at radius 3 is 1.50 bits per heavy atom. The standard InChI is InChI=1S/C12H22/c1-10(2)6-8-12(5)9-7-11(3)4/h6-7,12H,8-9H2,1-5H3. The molecule has 0 unspecified atom stereocenters. The van der Waals surface area contributed by atoms with Crippen molar-refractivity contribution in [2.75, 3.05) is 0 Å². The first-order valence-corrected chi connectivity index (χ1v) is 4.79. The van der Waals surface area contributed by atoms with Crippen molar-refractivity contribution in [2.45, 2.75) is 47.5 Å². The van der Waals surface area contributed by atoms with E-state index >= 15 is 0 Å². The van der Waals surface area contributed by atoms with Gasteiger partial charge in [-0.25, -0.2) is 0 Å². The van der Waals surface area contributed by atoms with Crippen LogP contribution < -0.4 is 0 Å². The van der Waals surface area contributed by atoms with Crippen molar-refractivity contribution in [3.05, 3.63) is 23.3 Å². The summed E-state index contributed by atoms with van der Waals surface area (Å²) in [6.07, 6.45) is 7.07. The minimum atomic E-state index is 0.787. The van der Waals surface area contributed by atoms with E-state index in [2.05, 4.69) is 46.8 Å². The molecule has 0 heterocycles. The summed E-state index contributed by atoms with van der Waals surface area (Å²) in [6, 6.07) is 0. The minimum absolute atomic E-state index is 0.787. The van der Waals surface area contributed by atoms with Gasteiger partial charge in [-0.2, -0.15) is 0 Å². The second-order valence-electron chi connectivity index (χ2n) is 4.14. The summed E-state index contributed by atoms with van der Waals surface area (Å²) in [5.74, 6) is 0.787. The van der Waals surface area contributed by atoms with Crippen LogP contribution in [-0.2, 0) is 0 Å². The van der Waals surface area contributed by atoms with Gasteiger partial charge in [0, 0.05) is 0 Å². The first-order valence-electron chi connectivity index (χ1n) is 4.79. The van der Waals surface area contributed by atoms with Crippen molar-refractivity contribution < 1.29 is 0 Å². The largest absolute Gasteiger partial charge is 0.0856 e. The molecule has 0 atom stereocenters. The van der Waals surface area contributed by atoms with E-state index in [9.17, 15) is 0 Å². The van der Waals surface area contributed by atoms with E-state index in [1.807, 2.05) is 0 Å². The van der Waals surface area contributed by atoms with Crippen molar-refractivity contribution in [1.29, 1.82) is 0 Å². The molecular formula is C12H22. The highest BCUT2D eigenvalue weighted by Gasteiger charge is 1.96. The van der Waals surface area contributed by atoms with E-state index < -0.39 is 0 Å². The van der Waals surface area contributed by atoms with Gasteiger partial charge in [-0.3, -0.25) is 0 Å². The lowest BCUT2D eigenvalue weighted by atomic mass is 10.0. The third-order valence-electron chi connectivity index (χ3n) is 1.86. The van der Waals surface area contributed by atoms with Gasteiger partial charge in [0.05, 0.1) is 0 Å². The number of allylic oxidation sites excluding steroid dienone is 4. The number of rotatable bonds is 4. The summed E-state index contributed by atoms with van der Waals surface area (Å²) in [5, 5.41) is 0. The second-order valence-corrected chi connectivity index (χ2v) is 4.14. The van der Waals surface area contributed by atoms with Crippen LogP contribution in [0.3, 0.4) is 0 Å². The highest BCUT2D eigenvalue weighted by Crippen LogP contribution is 2.11. The van der Waals surface area contributed by atoms with Gasteiger partial charge < -0.3 is 0 Å². The Morgan fingerprint density at radius 2 is 1.25 bits per heavy atom. The third kappa shape index (κ3) is 7.59. The lowest BCUT2D eigenvalue weighted by molar-refractivity contribution is 0.599. The first-order chi connectivity index (χ1) is 5.52. The lowest BCUT2D eigenvalue weighted by Gasteiger charge is -2.05. The SMILES string of the molecule is CC(C)=CCC(C)CC=C(C)C. The van der Waals surface area contributed by atoms with Gasteiger partial charge in [0.25, 0.3) is 0 Å². The van der Waals surface area contributed by atoms with Gasteiger partial charge in [-0.1, -0.05) is 30.2 Å². The molecule has 0 radical (unpaired) electrons. The molecule has 70 valence electrons. The van der Waals surface area contributed by atoms with Gasteiger partial charge in [0.15, 0.2) is 0 Å². The molecule has 12 heavy (non-hydrogen) atoms. The van der Waals surface area contributed by atoms with E-state index in [4.69, 9.17) is 0 Å². The zero-order valence-electron chi connectivity index (χ0n) is 9.15. The van der Waals surface area contributed by atoms with Gasteiger partial charge in [0.1, 0.15) is 0 Å². The van der Waals surface area contributed by atoms with Crippen LogP contribution in [0, 0.1) is 5.92 Å². The van der Waals surface area contributed by atoms with Gasteiger partial charge >= 0.3 is 0 Å². The third-order valence-corrected chi connectivity index (χ3v) is 1.86. The molecule has 0 amide bonds. The summed E-state index contributed by atoms with van der Waals surface area (Å²) in [5.41, 5.74) is 2.86. The van der Waals surface area contributed by atoms with Crippen LogP contribution >= 0.6 is 0 Å². The molecule has 0 saturated carbocycles. The normalized spacial score (nSPS) is 9.83. The van der Waals surface area contributed by atoms with Gasteiger partial charge in [0.2, 0.25) is 0 Å². The Hall–Kier alpha value is -0.520. The molecule has 0 fully saturated rings. The highest BCUT2D eigenvalue weighted by atomic mass is 14.0. The maximum atomic E-state index is 2.32. The van der Waals surface area contributed by atoms with Crippen molar-refractivity contribution in [2.24, 2.45) is 5.92 Å². The topological polar surface area (TPSA) is 0 Å². The predicted octanol–water partition coefficient (Wildman–Crippen LogP) is 4.34. The van der Waals surface area contributed by atoms with Crippen molar-refractivity contribution in [1.82, 2.24) is 0 Å². The smallest absolute Gasteiger partial charge is 0.0319 e. The number of hydrogen-bond acceptors (Lipinski definition) is 0. The average Bonchev–Trinajstić information content (AvgIpc) is 1.96. The van der Waals surface area contributed by atoms with Crippen molar-refractivity contribution in [3.63, 3.8) is 0 Å². The van der Waals surface area contributed by atoms with Crippen molar-refractivity contribution >= 4 is 0 Å². The zero-order valence-corrected chi connectivity index (χ0v) is 9.15. The molecule has 0 heteroatoms. The fraction of sp³-hybridized carbons (Fsp3) is 0.667. The van der Waals surface area contributed by atoms with E-state index in [-0.39, 0.29) is 0 Å². The van der Waals surface area contributed by atoms with Crippen LogP contribution in [0.2, 0.25) is 0 Å². The molecule has 0 N–H and O–H groups in total. The van der Waals surface area contributed by atoms with E-state index in [0.717, 1.165) is 5.92 Å². The van der Waals surface area contributed by atoms with E-state index in [1.165, 1.54) is 24.0 Å². The molecule has 0 spiro atoms. The molecule has 0 aliphatic heterocycles. The second kappa shape index (κ2) is 6.05. The van der Waals surface area contributed by atoms with E-state index in [0.29, 0.717) is 0 Å². The number of hydrogen-bond donors (Lipinski definition) is 0. The molecular weight excluding hydrogens is 144 g/mol. The van der Waals surface area contributed by atoms with Crippen LogP contribution in [0.4, 0.5) is 0 Å². The summed E-state index contributed by atoms with van der Waals surface area (Å²) in [7, 11) is 0. The fourth-order valence-corrected chi connectivity index (χ4v) is 0.970. The summed E-state index contributed by atoms with van der Waals surface area (Å²) in [6.45, 7) is 10.9. The van der Waals surface area contributed by atoms with Crippen LogP contribution in [-0.4, -0.2) is 0 Å². The summed E-state index contributed by atoms with van der Waals surface area (Å²) < 4.78 is 0. The van der Waals surface area contributed by atoms with Crippen molar-refractivity contribution in [3.8, 4) is 0 Å². The van der Waals surface area contributed by atoms with Crippen LogP contribution in [0.15, 0.2) is 23.3 Å². The summed E-state index contributed by atoms with van der Waals surface area (Å²) in [4.78, 5) is 0. The van der Waals surface area contributed by atoms with Crippen LogP contribution in [0.25, 0.3) is 0 Å². The monoisotopic (exact) mass is 166 g/mol. The maximum Gasteiger partial charge on any atom is -0.0319 e. The fourth-order valence-electron chi connectivity index (χ4n) is 0.970. The molecule has 0 aliphatic rings. The molecule has 0 rings (SSSR count). The molecule has 0 aromatic carbocycles. The molecule has 0 nitrogen and oxygen atoms in total. The zero-order chi connectivity index (χ0) is 9.56. The van der Waals surface area contributed by atoms with Gasteiger partial charge in [-0.15, -0.1) is 0 Å². The lowest BCUT2D eigenvalue weighted by Crippen LogP contribution is -1.90. The Labute approximate surface area is 77.4 Å². The maximum absolute atomic E-state index is 2.32. The van der Waals surface area contributed by atoms with Crippen LogP contribution in [0.5, 0.6) is 0 Å². The Bertz CT molecular complexity index is 144. The first kappa shape index (κ1) is 11.5. The molecule has 0 bridgehead atoms. The minimum Gasteiger partial charge on any atom is -0.0856 e. The molecule has 0 aromatic rings. The van der Waals surface area contributed by atoms with E-state index in [1.54, 1.807) is 0 Å². The Balaban J connectivity index is 3.68. The average molecular weight is 166 g/mol. The predicted molar refractivity (Wildman–Crippen MR) is 57.3 cm³/mol.